The molecule has 5 nitrogen and oxygen atoms in total. The molecule has 1 aliphatic carbocycles. The Morgan fingerprint density at radius 2 is 2.30 bits per heavy atom. The summed E-state index contributed by atoms with van der Waals surface area (Å²) in [5.41, 5.74) is 0.761. The summed E-state index contributed by atoms with van der Waals surface area (Å²) in [7, 11) is 0. The fraction of sp³-hybridized carbons (Fsp3) is 0.714. The van der Waals surface area contributed by atoms with Gasteiger partial charge in [-0.1, -0.05) is 24.4 Å². The topological polar surface area (TPSA) is 58.4 Å². The number of thioether (sulfide) groups is 1. The molecule has 1 N–H and O–H groups in total. The van der Waals surface area contributed by atoms with E-state index in [1.165, 1.54) is 38.4 Å². The van der Waals surface area contributed by atoms with E-state index >= 15 is 0 Å². The molecule has 1 saturated heterocycles. The number of aromatic nitrogens is 1. The number of nitrogens with one attached hydrogen (secondary N) is 1. The summed E-state index contributed by atoms with van der Waals surface area (Å²) in [5, 5.41) is 6.74. The zero-order valence-corrected chi connectivity index (χ0v) is 12.5. The third-order valence-electron chi connectivity index (χ3n) is 4.21. The van der Waals surface area contributed by atoms with E-state index in [4.69, 9.17) is 4.52 Å². The van der Waals surface area contributed by atoms with Crippen molar-refractivity contribution in [2.24, 2.45) is 0 Å². The largest absolute Gasteiger partial charge is 0.364 e. The van der Waals surface area contributed by atoms with Crippen LogP contribution in [-0.2, 0) is 6.54 Å². The van der Waals surface area contributed by atoms with Crippen LogP contribution in [0.15, 0.2) is 16.9 Å². The fourth-order valence-electron chi connectivity index (χ4n) is 3.12. The number of carbonyl (C=O) groups excluding carboxylic acids is 1. The second kappa shape index (κ2) is 6.08. The summed E-state index contributed by atoms with van der Waals surface area (Å²) in [4.78, 5) is 14.2. The van der Waals surface area contributed by atoms with E-state index in [9.17, 15) is 4.79 Å². The highest BCUT2D eigenvalue weighted by atomic mass is 32.2. The molecule has 2 heterocycles. The predicted octanol–water partition coefficient (Wildman–Crippen LogP) is 2.64. The molecule has 1 spiro atoms. The molecule has 0 aromatic carbocycles. The van der Waals surface area contributed by atoms with Crippen molar-refractivity contribution in [2.45, 2.75) is 43.4 Å². The van der Waals surface area contributed by atoms with Gasteiger partial charge in [-0.2, -0.15) is 11.8 Å². The van der Waals surface area contributed by atoms with Gasteiger partial charge in [0.2, 0.25) is 0 Å². The molecule has 0 radical (unpaired) electrons. The molecule has 3 rings (SSSR count). The van der Waals surface area contributed by atoms with Gasteiger partial charge in [0.15, 0.2) is 0 Å². The first-order valence-corrected chi connectivity index (χ1v) is 8.32. The van der Waals surface area contributed by atoms with Gasteiger partial charge >= 0.3 is 6.03 Å². The molecular weight excluding hydrogens is 274 g/mol. The van der Waals surface area contributed by atoms with Crippen LogP contribution in [-0.4, -0.2) is 39.7 Å². The Balaban J connectivity index is 1.54. The lowest BCUT2D eigenvalue weighted by atomic mass is 9.87. The van der Waals surface area contributed by atoms with Crippen LogP contribution in [0.1, 0.15) is 37.8 Å². The molecule has 20 heavy (non-hydrogen) atoms. The Kier molecular flexibility index (Phi) is 4.19. The monoisotopic (exact) mass is 295 g/mol. The van der Waals surface area contributed by atoms with E-state index < -0.39 is 0 Å². The van der Waals surface area contributed by atoms with E-state index in [0.717, 1.165) is 24.5 Å². The van der Waals surface area contributed by atoms with Crippen molar-refractivity contribution in [3.05, 3.63) is 18.0 Å². The first kappa shape index (κ1) is 13.8. The lowest BCUT2D eigenvalue weighted by Gasteiger charge is -2.44. The summed E-state index contributed by atoms with van der Waals surface area (Å²) in [6.07, 6.45) is 8.00. The number of rotatable bonds is 2. The van der Waals surface area contributed by atoms with Crippen LogP contribution >= 0.6 is 11.8 Å². The van der Waals surface area contributed by atoms with E-state index in [0.29, 0.717) is 11.3 Å². The van der Waals surface area contributed by atoms with Gasteiger partial charge in [0.25, 0.3) is 0 Å². The van der Waals surface area contributed by atoms with Crippen molar-refractivity contribution in [1.82, 2.24) is 15.4 Å². The molecule has 2 aliphatic rings. The van der Waals surface area contributed by atoms with Gasteiger partial charge < -0.3 is 14.7 Å². The SMILES string of the molecule is O=C(NCc1ccon1)N1CCSC2(CCCCC2)C1. The van der Waals surface area contributed by atoms with Crippen LogP contribution in [0.2, 0.25) is 0 Å². The molecule has 110 valence electrons. The molecule has 1 aliphatic heterocycles. The van der Waals surface area contributed by atoms with E-state index in [1.807, 2.05) is 4.90 Å². The van der Waals surface area contributed by atoms with Gasteiger partial charge in [-0.05, 0) is 12.8 Å². The second-order valence-corrected chi connectivity index (χ2v) is 7.23. The predicted molar refractivity (Wildman–Crippen MR) is 78.6 cm³/mol. The van der Waals surface area contributed by atoms with Crippen molar-refractivity contribution in [1.29, 1.82) is 0 Å². The van der Waals surface area contributed by atoms with Gasteiger partial charge in [0, 0.05) is 29.7 Å². The number of hydrogen-bond donors (Lipinski definition) is 1. The quantitative estimate of drug-likeness (QED) is 0.911. The van der Waals surface area contributed by atoms with Gasteiger partial charge in [-0.3, -0.25) is 0 Å². The Hall–Kier alpha value is -1.17. The Morgan fingerprint density at radius 1 is 1.45 bits per heavy atom. The number of amides is 2. The van der Waals surface area contributed by atoms with Gasteiger partial charge in [0.1, 0.15) is 12.0 Å². The maximum absolute atomic E-state index is 12.3. The Morgan fingerprint density at radius 3 is 3.05 bits per heavy atom. The van der Waals surface area contributed by atoms with E-state index in [1.54, 1.807) is 6.07 Å². The average Bonchev–Trinajstić information content (AvgIpc) is 2.99. The van der Waals surface area contributed by atoms with Crippen LogP contribution in [0.25, 0.3) is 0 Å². The molecular formula is C14H21N3O2S. The molecule has 1 aromatic rings. The van der Waals surface area contributed by atoms with Crippen LogP contribution in [0.3, 0.4) is 0 Å². The zero-order chi connectivity index (χ0) is 13.8. The third-order valence-corrected chi connectivity index (χ3v) is 5.75. The Bertz CT molecular complexity index is 438. The molecule has 0 atom stereocenters. The smallest absolute Gasteiger partial charge is 0.317 e. The highest BCUT2D eigenvalue weighted by molar-refractivity contribution is 8.00. The normalized spacial score (nSPS) is 21.9. The van der Waals surface area contributed by atoms with Crippen LogP contribution in [0, 0.1) is 0 Å². The molecule has 1 saturated carbocycles. The zero-order valence-electron chi connectivity index (χ0n) is 11.6. The third kappa shape index (κ3) is 3.11. The molecule has 1 aromatic heterocycles. The van der Waals surface area contributed by atoms with Crippen molar-refractivity contribution >= 4 is 17.8 Å². The minimum Gasteiger partial charge on any atom is -0.364 e. The molecule has 6 heteroatoms. The number of hydrogen-bond acceptors (Lipinski definition) is 4. The second-order valence-electron chi connectivity index (χ2n) is 5.66. The summed E-state index contributed by atoms with van der Waals surface area (Å²) in [6.45, 7) is 2.17. The standard InChI is InChI=1S/C14H21N3O2S/c18-13(15-10-12-4-8-19-16-12)17-7-9-20-14(11-17)5-2-1-3-6-14/h4,8H,1-3,5-7,9-11H2,(H,15,18). The highest BCUT2D eigenvalue weighted by Gasteiger charge is 2.38. The summed E-state index contributed by atoms with van der Waals surface area (Å²) < 4.78 is 5.09. The summed E-state index contributed by atoms with van der Waals surface area (Å²) in [6, 6.07) is 1.80. The number of carbonyl (C=O) groups is 1. The molecule has 0 bridgehead atoms. The maximum Gasteiger partial charge on any atom is 0.317 e. The lowest BCUT2D eigenvalue weighted by molar-refractivity contribution is 0.184. The van der Waals surface area contributed by atoms with Gasteiger partial charge in [0.05, 0.1) is 6.54 Å². The molecule has 0 unspecified atom stereocenters. The highest BCUT2D eigenvalue weighted by Crippen LogP contribution is 2.42. The number of nitrogens with zero attached hydrogens (tertiary/aromatic N) is 2. The van der Waals surface area contributed by atoms with Gasteiger partial charge in [-0.15, -0.1) is 0 Å². The van der Waals surface area contributed by atoms with Gasteiger partial charge in [-0.25, -0.2) is 4.79 Å². The summed E-state index contributed by atoms with van der Waals surface area (Å²) in [5.74, 6) is 1.05. The summed E-state index contributed by atoms with van der Waals surface area (Å²) >= 11 is 2.07. The minimum atomic E-state index is 0.0262. The first-order valence-electron chi connectivity index (χ1n) is 7.33. The molecule has 2 fully saturated rings. The molecule has 2 amide bonds. The van der Waals surface area contributed by atoms with Crippen LogP contribution < -0.4 is 5.32 Å². The maximum atomic E-state index is 12.3. The van der Waals surface area contributed by atoms with E-state index in [-0.39, 0.29) is 6.03 Å². The average molecular weight is 295 g/mol. The van der Waals surface area contributed by atoms with Crippen molar-refractivity contribution in [3.8, 4) is 0 Å². The minimum absolute atomic E-state index is 0.0262. The number of urea groups is 1. The van der Waals surface area contributed by atoms with Crippen molar-refractivity contribution < 1.29 is 9.32 Å². The van der Waals surface area contributed by atoms with E-state index in [2.05, 4.69) is 22.2 Å². The van der Waals surface area contributed by atoms with Crippen molar-refractivity contribution in [2.75, 3.05) is 18.8 Å². The first-order chi connectivity index (χ1) is 9.77. The van der Waals surface area contributed by atoms with Crippen LogP contribution in [0.4, 0.5) is 4.79 Å². The van der Waals surface area contributed by atoms with Crippen molar-refractivity contribution in [3.63, 3.8) is 0 Å². The lowest BCUT2D eigenvalue weighted by Crippen LogP contribution is -2.52. The fourth-order valence-corrected chi connectivity index (χ4v) is 4.69. The Labute approximate surface area is 123 Å². The van der Waals surface area contributed by atoms with Crippen LogP contribution in [0.5, 0.6) is 0 Å².